The zero-order valence-corrected chi connectivity index (χ0v) is 15.8. The van der Waals surface area contributed by atoms with Gasteiger partial charge in [-0.2, -0.15) is 5.10 Å². The third-order valence-corrected chi connectivity index (χ3v) is 5.03. The van der Waals surface area contributed by atoms with Crippen LogP contribution < -0.4 is 9.47 Å². The summed E-state index contributed by atoms with van der Waals surface area (Å²) in [5, 5.41) is 4.40. The molecule has 0 aliphatic carbocycles. The van der Waals surface area contributed by atoms with Crippen molar-refractivity contribution in [2.75, 3.05) is 26.4 Å². The maximum absolute atomic E-state index is 13.1. The van der Waals surface area contributed by atoms with Crippen LogP contribution in [0.4, 0.5) is 0 Å². The predicted octanol–water partition coefficient (Wildman–Crippen LogP) is 1.93. The van der Waals surface area contributed by atoms with Gasteiger partial charge in [-0.05, 0) is 31.5 Å². The molecule has 144 valence electrons. The number of aryl methyl sites for hydroxylation is 2. The third-order valence-electron chi connectivity index (χ3n) is 5.03. The predicted molar refractivity (Wildman–Crippen MR) is 98.6 cm³/mol. The summed E-state index contributed by atoms with van der Waals surface area (Å²) in [6.07, 6.45) is 0.561. The fourth-order valence-corrected chi connectivity index (χ4v) is 3.63. The first-order chi connectivity index (χ1) is 13.1. The Morgan fingerprint density at radius 1 is 1.30 bits per heavy atom. The van der Waals surface area contributed by atoms with Gasteiger partial charge in [-0.1, -0.05) is 12.1 Å². The fourth-order valence-electron chi connectivity index (χ4n) is 3.63. The lowest BCUT2D eigenvalue weighted by Gasteiger charge is -2.32. The zero-order chi connectivity index (χ0) is 18.8. The van der Waals surface area contributed by atoms with Crippen LogP contribution in [-0.2, 0) is 23.1 Å². The maximum atomic E-state index is 13.1. The van der Waals surface area contributed by atoms with E-state index in [2.05, 4.69) is 5.10 Å². The average Bonchev–Trinajstić information content (AvgIpc) is 3.30. The molecule has 0 bridgehead atoms. The van der Waals surface area contributed by atoms with Gasteiger partial charge in [0.15, 0.2) is 17.6 Å². The number of amides is 1. The molecule has 2 aliphatic heterocycles. The molecule has 2 atom stereocenters. The molecule has 0 radical (unpaired) electrons. The molecule has 0 spiro atoms. The Labute approximate surface area is 158 Å². The van der Waals surface area contributed by atoms with E-state index < -0.39 is 0 Å². The summed E-state index contributed by atoms with van der Waals surface area (Å²) in [5.74, 6) is 1.49. The summed E-state index contributed by atoms with van der Waals surface area (Å²) in [4.78, 5) is 15.0. The average molecular weight is 371 g/mol. The Bertz CT molecular complexity index is 813. The normalized spacial score (nSPS) is 21.3. The summed E-state index contributed by atoms with van der Waals surface area (Å²) in [7, 11) is 1.90. The lowest BCUT2D eigenvalue weighted by Crippen LogP contribution is -2.45. The van der Waals surface area contributed by atoms with E-state index in [4.69, 9.17) is 14.2 Å². The molecule has 1 aromatic carbocycles. The van der Waals surface area contributed by atoms with Crippen molar-refractivity contribution >= 4 is 5.91 Å². The van der Waals surface area contributed by atoms with Crippen molar-refractivity contribution < 1.29 is 19.0 Å². The summed E-state index contributed by atoms with van der Waals surface area (Å²) in [5.41, 5.74) is 1.94. The molecule has 3 heterocycles. The minimum absolute atomic E-state index is 0.0869. The quantitative estimate of drug-likeness (QED) is 0.804. The van der Waals surface area contributed by atoms with Gasteiger partial charge in [0.25, 0.3) is 0 Å². The number of nitrogens with zero attached hydrogens (tertiary/aromatic N) is 3. The van der Waals surface area contributed by atoms with Gasteiger partial charge in [-0.3, -0.25) is 9.48 Å². The van der Waals surface area contributed by atoms with Crippen LogP contribution in [-0.4, -0.2) is 53.1 Å². The van der Waals surface area contributed by atoms with Crippen molar-refractivity contribution in [3.05, 3.63) is 41.7 Å². The molecule has 7 nitrogen and oxygen atoms in total. The first-order valence-electron chi connectivity index (χ1n) is 9.34. The summed E-state index contributed by atoms with van der Waals surface area (Å²) >= 11 is 0. The second-order valence-electron chi connectivity index (χ2n) is 7.18. The van der Waals surface area contributed by atoms with E-state index in [-0.39, 0.29) is 17.9 Å². The molecule has 0 N–H and O–H groups in total. The summed E-state index contributed by atoms with van der Waals surface area (Å²) in [6.45, 7) is 4.47. The van der Waals surface area contributed by atoms with Crippen molar-refractivity contribution in [3.8, 4) is 11.5 Å². The van der Waals surface area contributed by atoms with Gasteiger partial charge in [-0.25, -0.2) is 0 Å². The van der Waals surface area contributed by atoms with E-state index in [0.29, 0.717) is 32.9 Å². The minimum Gasteiger partial charge on any atom is -0.486 e. The van der Waals surface area contributed by atoms with Crippen LogP contribution in [0.2, 0.25) is 0 Å². The molecule has 0 saturated carbocycles. The lowest BCUT2D eigenvalue weighted by molar-refractivity contribution is -0.137. The molecule has 2 aliphatic rings. The van der Waals surface area contributed by atoms with Crippen LogP contribution in [0, 0.1) is 12.8 Å². The summed E-state index contributed by atoms with van der Waals surface area (Å²) in [6, 6.07) is 9.63. The van der Waals surface area contributed by atoms with Crippen LogP contribution in [0.1, 0.15) is 17.8 Å². The highest BCUT2D eigenvalue weighted by molar-refractivity contribution is 5.79. The van der Waals surface area contributed by atoms with Crippen molar-refractivity contribution in [2.45, 2.75) is 26.0 Å². The van der Waals surface area contributed by atoms with Crippen molar-refractivity contribution in [3.63, 3.8) is 0 Å². The van der Waals surface area contributed by atoms with Gasteiger partial charge in [0.1, 0.15) is 6.61 Å². The third kappa shape index (κ3) is 3.93. The molecule has 1 amide bonds. The van der Waals surface area contributed by atoms with Crippen molar-refractivity contribution in [1.82, 2.24) is 14.7 Å². The Balaban J connectivity index is 1.51. The number of carbonyl (C=O) groups excluding carboxylic acids is 1. The largest absolute Gasteiger partial charge is 0.486 e. The second kappa shape index (κ2) is 7.60. The molecule has 1 aromatic heterocycles. The number of hydrogen-bond donors (Lipinski definition) is 0. The second-order valence-corrected chi connectivity index (χ2v) is 7.18. The van der Waals surface area contributed by atoms with Gasteiger partial charge in [0.2, 0.25) is 5.91 Å². The van der Waals surface area contributed by atoms with Crippen LogP contribution in [0.3, 0.4) is 0 Å². The lowest BCUT2D eigenvalue weighted by atomic mass is 10.1. The highest BCUT2D eigenvalue weighted by atomic mass is 16.6. The van der Waals surface area contributed by atoms with E-state index in [9.17, 15) is 4.79 Å². The maximum Gasteiger partial charge on any atom is 0.228 e. The number of para-hydroxylation sites is 2. The number of benzene rings is 1. The van der Waals surface area contributed by atoms with Crippen molar-refractivity contribution in [2.24, 2.45) is 13.0 Å². The molecule has 0 unspecified atom stereocenters. The van der Waals surface area contributed by atoms with Crippen LogP contribution >= 0.6 is 0 Å². The fraction of sp³-hybridized carbons (Fsp3) is 0.500. The Morgan fingerprint density at radius 3 is 2.81 bits per heavy atom. The van der Waals surface area contributed by atoms with Gasteiger partial charge in [0.05, 0.1) is 37.0 Å². The number of rotatable bonds is 5. The molecular formula is C20H25N3O4. The number of fused-ring (bicyclic) bond motifs is 1. The summed E-state index contributed by atoms with van der Waals surface area (Å²) < 4.78 is 19.1. The monoisotopic (exact) mass is 371 g/mol. The van der Waals surface area contributed by atoms with Crippen molar-refractivity contribution in [1.29, 1.82) is 0 Å². The standard InChI is InChI=1S/C20H25N3O4/c1-14-9-16(22(2)21-14)10-23(20(24)15-7-8-25-12-15)11-17-13-26-18-5-3-4-6-19(18)27-17/h3-6,9,15,17H,7-8,10-13H2,1-2H3/t15-,17+/m0/s1. The Hall–Kier alpha value is -2.54. The van der Waals surface area contributed by atoms with Gasteiger partial charge in [0, 0.05) is 13.7 Å². The highest BCUT2D eigenvalue weighted by Gasteiger charge is 2.32. The van der Waals surface area contributed by atoms with Crippen LogP contribution in [0.25, 0.3) is 0 Å². The molecule has 4 rings (SSSR count). The molecule has 7 heteroatoms. The van der Waals surface area contributed by atoms with Gasteiger partial charge < -0.3 is 19.1 Å². The molecular weight excluding hydrogens is 346 g/mol. The van der Waals surface area contributed by atoms with E-state index in [0.717, 1.165) is 29.3 Å². The first-order valence-corrected chi connectivity index (χ1v) is 9.34. The minimum atomic E-state index is -0.208. The molecule has 2 aromatic rings. The Morgan fingerprint density at radius 2 is 2.11 bits per heavy atom. The van der Waals surface area contributed by atoms with Gasteiger partial charge in [-0.15, -0.1) is 0 Å². The van der Waals surface area contributed by atoms with Gasteiger partial charge >= 0.3 is 0 Å². The number of hydrogen-bond acceptors (Lipinski definition) is 5. The topological polar surface area (TPSA) is 65.8 Å². The van der Waals surface area contributed by atoms with E-state index in [1.54, 1.807) is 0 Å². The Kier molecular flexibility index (Phi) is 5.03. The number of carbonyl (C=O) groups is 1. The molecule has 27 heavy (non-hydrogen) atoms. The van der Waals surface area contributed by atoms with E-state index >= 15 is 0 Å². The van der Waals surface area contributed by atoms with Crippen LogP contribution in [0.5, 0.6) is 11.5 Å². The number of aromatic nitrogens is 2. The SMILES string of the molecule is Cc1cc(CN(C[C@@H]2COc3ccccc3O2)C(=O)[C@H]2CCOC2)n(C)n1. The molecule has 1 saturated heterocycles. The number of ether oxygens (including phenoxy) is 3. The van der Waals surface area contributed by atoms with E-state index in [1.807, 2.05) is 53.9 Å². The van der Waals surface area contributed by atoms with E-state index in [1.165, 1.54) is 0 Å². The smallest absolute Gasteiger partial charge is 0.228 e. The highest BCUT2D eigenvalue weighted by Crippen LogP contribution is 2.31. The van der Waals surface area contributed by atoms with Crippen LogP contribution in [0.15, 0.2) is 30.3 Å². The zero-order valence-electron chi connectivity index (χ0n) is 15.8. The first kappa shape index (κ1) is 17.9. The molecule has 1 fully saturated rings.